The van der Waals surface area contributed by atoms with Crippen molar-refractivity contribution in [2.24, 2.45) is 0 Å². The highest BCUT2D eigenvalue weighted by molar-refractivity contribution is 7.92. The Morgan fingerprint density at radius 1 is 1.28 bits per heavy atom. The number of nitrogens with one attached hydrogen (secondary N) is 1. The Labute approximate surface area is 152 Å². The van der Waals surface area contributed by atoms with Gasteiger partial charge in [-0.05, 0) is 36.8 Å². The number of anilines is 1. The molecule has 1 heterocycles. The number of hydrogen-bond acceptors (Lipinski definition) is 4. The summed E-state index contributed by atoms with van der Waals surface area (Å²) in [4.78, 5) is 16.1. The van der Waals surface area contributed by atoms with Crippen molar-refractivity contribution in [1.82, 2.24) is 10.3 Å². The van der Waals surface area contributed by atoms with Gasteiger partial charge in [-0.2, -0.15) is 0 Å². The van der Waals surface area contributed by atoms with Crippen LogP contribution in [0.2, 0.25) is 5.02 Å². The lowest BCUT2D eigenvalue weighted by Crippen LogP contribution is -2.34. The molecule has 1 aromatic carbocycles. The molecular weight excluding hydrogens is 362 g/mol. The van der Waals surface area contributed by atoms with E-state index in [1.807, 2.05) is 13.0 Å². The highest BCUT2D eigenvalue weighted by Crippen LogP contribution is 2.25. The highest BCUT2D eigenvalue weighted by Gasteiger charge is 2.19. The van der Waals surface area contributed by atoms with Gasteiger partial charge in [-0.15, -0.1) is 0 Å². The quantitative estimate of drug-likeness (QED) is 0.799. The minimum absolute atomic E-state index is 0.0331. The number of aromatic nitrogens is 1. The highest BCUT2D eigenvalue weighted by atomic mass is 35.5. The molecule has 0 saturated carbocycles. The minimum Gasteiger partial charge on any atom is -0.350 e. The summed E-state index contributed by atoms with van der Waals surface area (Å²) >= 11 is 6.08. The molecule has 8 heteroatoms. The van der Waals surface area contributed by atoms with E-state index in [4.69, 9.17) is 11.6 Å². The fourth-order valence-corrected chi connectivity index (χ4v) is 3.30. The Morgan fingerprint density at radius 3 is 2.64 bits per heavy atom. The summed E-state index contributed by atoms with van der Waals surface area (Å²) < 4.78 is 25.3. The third-order valence-corrected chi connectivity index (χ3v) is 5.18. The first-order chi connectivity index (χ1) is 11.8. The van der Waals surface area contributed by atoms with Gasteiger partial charge in [0.15, 0.2) is 0 Å². The summed E-state index contributed by atoms with van der Waals surface area (Å²) in [5, 5.41) is 3.21. The first-order valence-corrected chi connectivity index (χ1v) is 9.90. The van der Waals surface area contributed by atoms with Gasteiger partial charge in [0.2, 0.25) is 15.9 Å². The van der Waals surface area contributed by atoms with Crippen LogP contribution >= 0.6 is 11.6 Å². The number of rotatable bonds is 7. The van der Waals surface area contributed by atoms with Gasteiger partial charge < -0.3 is 5.32 Å². The summed E-state index contributed by atoms with van der Waals surface area (Å²) in [6, 6.07) is 10.4. The third-order valence-electron chi connectivity index (χ3n) is 3.58. The van der Waals surface area contributed by atoms with Crippen LogP contribution in [0.1, 0.15) is 17.7 Å². The molecule has 0 spiro atoms. The number of carbonyl (C=O) groups is 1. The van der Waals surface area contributed by atoms with Gasteiger partial charge in [-0.3, -0.25) is 14.1 Å². The number of benzene rings is 1. The maximum Gasteiger partial charge on any atom is 0.232 e. The summed E-state index contributed by atoms with van der Waals surface area (Å²) in [6.45, 7) is 2.17. The van der Waals surface area contributed by atoms with Crippen molar-refractivity contribution in [2.75, 3.05) is 17.1 Å². The minimum atomic E-state index is -3.53. The van der Waals surface area contributed by atoms with Crippen molar-refractivity contribution in [3.8, 4) is 0 Å². The van der Waals surface area contributed by atoms with E-state index >= 15 is 0 Å². The number of nitrogens with zero attached hydrogens (tertiary/aromatic N) is 2. The summed E-state index contributed by atoms with van der Waals surface area (Å²) in [5.41, 5.74) is 2.03. The fraction of sp³-hybridized carbons (Fsp3) is 0.294. The second-order valence-electron chi connectivity index (χ2n) is 5.62. The fourth-order valence-electron chi connectivity index (χ4n) is 2.21. The number of halogens is 1. The maximum atomic E-state index is 12.1. The second-order valence-corrected chi connectivity index (χ2v) is 7.93. The normalized spacial score (nSPS) is 11.2. The largest absolute Gasteiger partial charge is 0.350 e. The molecular formula is C17H20ClN3O3S. The molecule has 0 fully saturated rings. The van der Waals surface area contributed by atoms with Crippen LogP contribution in [0.25, 0.3) is 0 Å². The van der Waals surface area contributed by atoms with Crippen LogP contribution in [0.4, 0.5) is 5.69 Å². The predicted octanol–water partition coefficient (Wildman–Crippen LogP) is 2.52. The van der Waals surface area contributed by atoms with Crippen molar-refractivity contribution in [3.63, 3.8) is 0 Å². The van der Waals surface area contributed by atoms with Crippen LogP contribution in [0.3, 0.4) is 0 Å². The van der Waals surface area contributed by atoms with E-state index in [-0.39, 0.29) is 18.9 Å². The molecule has 0 atom stereocenters. The summed E-state index contributed by atoms with van der Waals surface area (Å²) in [6.07, 6.45) is 2.78. The molecule has 25 heavy (non-hydrogen) atoms. The number of amides is 1. The molecule has 1 aromatic heterocycles. The third kappa shape index (κ3) is 5.72. The number of sulfonamides is 1. The van der Waals surface area contributed by atoms with Gasteiger partial charge in [0.1, 0.15) is 0 Å². The Kier molecular flexibility index (Phi) is 6.39. The number of pyridine rings is 1. The van der Waals surface area contributed by atoms with Crippen LogP contribution in [-0.4, -0.2) is 32.1 Å². The van der Waals surface area contributed by atoms with E-state index < -0.39 is 10.0 Å². The van der Waals surface area contributed by atoms with Gasteiger partial charge in [0, 0.05) is 24.2 Å². The van der Waals surface area contributed by atoms with E-state index in [1.165, 1.54) is 4.31 Å². The SMILES string of the molecule is Cc1ccc(N(CCC(=O)NCc2ccccn2)S(C)(=O)=O)cc1Cl. The van der Waals surface area contributed by atoms with Crippen molar-refractivity contribution >= 4 is 33.2 Å². The van der Waals surface area contributed by atoms with Crippen LogP contribution in [0.5, 0.6) is 0 Å². The first-order valence-electron chi connectivity index (χ1n) is 7.68. The Morgan fingerprint density at radius 2 is 2.04 bits per heavy atom. The monoisotopic (exact) mass is 381 g/mol. The van der Waals surface area contributed by atoms with E-state index in [0.29, 0.717) is 17.3 Å². The molecule has 134 valence electrons. The van der Waals surface area contributed by atoms with Crippen LogP contribution in [-0.2, 0) is 21.4 Å². The van der Waals surface area contributed by atoms with Gasteiger partial charge >= 0.3 is 0 Å². The molecule has 0 bridgehead atoms. The van der Waals surface area contributed by atoms with Crippen molar-refractivity contribution in [3.05, 3.63) is 58.9 Å². The molecule has 2 rings (SSSR count). The summed E-state index contributed by atoms with van der Waals surface area (Å²) in [7, 11) is -3.53. The Bertz CT molecular complexity index is 841. The predicted molar refractivity (Wildman–Crippen MR) is 99.1 cm³/mol. The zero-order chi connectivity index (χ0) is 18.4. The average molecular weight is 382 g/mol. The maximum absolute atomic E-state index is 12.1. The zero-order valence-corrected chi connectivity index (χ0v) is 15.6. The average Bonchev–Trinajstić information content (AvgIpc) is 2.56. The Balaban J connectivity index is 2.00. The van der Waals surface area contributed by atoms with Crippen LogP contribution < -0.4 is 9.62 Å². The van der Waals surface area contributed by atoms with Crippen molar-refractivity contribution < 1.29 is 13.2 Å². The van der Waals surface area contributed by atoms with Crippen LogP contribution in [0, 0.1) is 6.92 Å². The second kappa shape index (κ2) is 8.31. The van der Waals surface area contributed by atoms with Crippen molar-refractivity contribution in [2.45, 2.75) is 19.9 Å². The van der Waals surface area contributed by atoms with Crippen molar-refractivity contribution in [1.29, 1.82) is 0 Å². The molecule has 0 aliphatic heterocycles. The molecule has 1 N–H and O–H groups in total. The first kappa shape index (κ1) is 19.2. The van der Waals surface area contributed by atoms with Gasteiger partial charge in [-0.1, -0.05) is 23.7 Å². The number of carbonyl (C=O) groups excluding carboxylic acids is 1. The number of aryl methyl sites for hydroxylation is 1. The molecule has 0 unspecified atom stereocenters. The van der Waals surface area contributed by atoms with Gasteiger partial charge in [0.25, 0.3) is 0 Å². The number of hydrogen-bond donors (Lipinski definition) is 1. The molecule has 2 aromatic rings. The molecule has 6 nitrogen and oxygen atoms in total. The topological polar surface area (TPSA) is 79.4 Å². The molecule has 0 saturated heterocycles. The van der Waals surface area contributed by atoms with Crippen LogP contribution in [0.15, 0.2) is 42.6 Å². The summed E-state index contributed by atoms with van der Waals surface area (Å²) in [5.74, 6) is -0.252. The lowest BCUT2D eigenvalue weighted by Gasteiger charge is -2.22. The van der Waals surface area contributed by atoms with E-state index in [0.717, 1.165) is 17.5 Å². The molecule has 0 radical (unpaired) electrons. The lowest BCUT2D eigenvalue weighted by molar-refractivity contribution is -0.121. The smallest absolute Gasteiger partial charge is 0.232 e. The van der Waals surface area contributed by atoms with E-state index in [9.17, 15) is 13.2 Å². The standard InChI is InChI=1S/C17H20ClN3O3S/c1-13-6-7-15(11-16(13)18)21(25(2,23)24)10-8-17(22)20-12-14-5-3-4-9-19-14/h3-7,9,11H,8,10,12H2,1-2H3,(H,20,22). The van der Waals surface area contributed by atoms with E-state index in [1.54, 1.807) is 36.5 Å². The zero-order valence-electron chi connectivity index (χ0n) is 14.1. The Hall–Kier alpha value is -2.12. The molecule has 1 amide bonds. The van der Waals surface area contributed by atoms with Gasteiger partial charge in [0.05, 0.1) is 24.2 Å². The van der Waals surface area contributed by atoms with E-state index in [2.05, 4.69) is 10.3 Å². The molecule has 0 aliphatic rings. The van der Waals surface area contributed by atoms with Gasteiger partial charge in [-0.25, -0.2) is 8.42 Å². The molecule has 0 aliphatic carbocycles. The lowest BCUT2D eigenvalue weighted by atomic mass is 10.2.